The van der Waals surface area contributed by atoms with Gasteiger partial charge in [-0.1, -0.05) is 18.2 Å². The molecule has 0 saturated heterocycles. The van der Waals surface area contributed by atoms with Crippen molar-refractivity contribution in [2.75, 3.05) is 19.5 Å². The van der Waals surface area contributed by atoms with E-state index >= 15 is 0 Å². The number of anilines is 1. The molecule has 0 fully saturated rings. The van der Waals surface area contributed by atoms with Gasteiger partial charge in [0.2, 0.25) is 0 Å². The van der Waals surface area contributed by atoms with Crippen molar-refractivity contribution in [3.05, 3.63) is 60.0 Å². The maximum atomic E-state index is 12.8. The summed E-state index contributed by atoms with van der Waals surface area (Å²) in [7, 11) is 1.66. The smallest absolute Gasteiger partial charge is 0.253 e. The first-order valence-corrected chi connectivity index (χ1v) is 10.1. The molecular weight excluding hydrogens is 392 g/mol. The van der Waals surface area contributed by atoms with E-state index in [4.69, 9.17) is 15.6 Å². The van der Waals surface area contributed by atoms with Crippen molar-refractivity contribution in [1.29, 1.82) is 0 Å². The molecule has 4 aromatic rings. The minimum Gasteiger partial charge on any atom is -0.383 e. The van der Waals surface area contributed by atoms with Gasteiger partial charge in [0.1, 0.15) is 5.52 Å². The molecule has 3 N–H and O–H groups in total. The Hall–Kier alpha value is -3.52. The number of carbonyl (C=O) groups is 1. The van der Waals surface area contributed by atoms with E-state index in [9.17, 15) is 4.79 Å². The molecule has 160 valence electrons. The molecule has 3 heterocycles. The van der Waals surface area contributed by atoms with Crippen molar-refractivity contribution in [1.82, 2.24) is 25.1 Å². The molecule has 0 aliphatic carbocycles. The van der Waals surface area contributed by atoms with Gasteiger partial charge in [0.05, 0.1) is 24.2 Å². The van der Waals surface area contributed by atoms with Gasteiger partial charge in [0.15, 0.2) is 5.82 Å². The first-order chi connectivity index (χ1) is 14.9. The summed E-state index contributed by atoms with van der Waals surface area (Å²) in [4.78, 5) is 21.3. The summed E-state index contributed by atoms with van der Waals surface area (Å²) in [5.74, 6) is 0.222. The summed E-state index contributed by atoms with van der Waals surface area (Å²) < 4.78 is 7.20. The van der Waals surface area contributed by atoms with Crippen LogP contribution in [0.4, 0.5) is 5.82 Å². The summed E-state index contributed by atoms with van der Waals surface area (Å²) in [5, 5.41) is 9.82. The number of nitrogens with zero attached hydrogens (tertiary/aromatic N) is 4. The molecular formula is C23H26N6O2. The second kappa shape index (κ2) is 8.31. The molecule has 3 aromatic heterocycles. The van der Waals surface area contributed by atoms with E-state index in [-0.39, 0.29) is 5.91 Å². The number of para-hydroxylation sites is 1. The molecule has 8 heteroatoms. The van der Waals surface area contributed by atoms with Crippen LogP contribution in [0.25, 0.3) is 21.8 Å². The molecule has 0 aliphatic heterocycles. The molecule has 0 spiro atoms. The third kappa shape index (κ3) is 4.20. The molecule has 0 aliphatic rings. The minimum absolute atomic E-state index is 0.170. The van der Waals surface area contributed by atoms with E-state index < -0.39 is 5.54 Å². The van der Waals surface area contributed by atoms with Gasteiger partial charge >= 0.3 is 0 Å². The molecule has 1 aromatic carbocycles. The third-order valence-corrected chi connectivity index (χ3v) is 5.21. The zero-order chi connectivity index (χ0) is 22.0. The molecule has 31 heavy (non-hydrogen) atoms. The van der Waals surface area contributed by atoms with Gasteiger partial charge in [-0.2, -0.15) is 5.10 Å². The molecule has 0 bridgehead atoms. The zero-order valence-corrected chi connectivity index (χ0v) is 17.9. The SMILES string of the molecule is COCCn1nc2c(N)nc3ccccc3c2c1CC(C)(C)NC(=O)c1cccnc1. The van der Waals surface area contributed by atoms with Crippen LogP contribution in [0.15, 0.2) is 48.8 Å². The fraction of sp³-hybridized carbons (Fsp3) is 0.304. The Kier molecular flexibility index (Phi) is 5.56. The number of rotatable bonds is 7. The zero-order valence-electron chi connectivity index (χ0n) is 17.9. The number of hydrogen-bond donors (Lipinski definition) is 2. The van der Waals surface area contributed by atoms with E-state index in [1.807, 2.05) is 42.8 Å². The monoisotopic (exact) mass is 418 g/mol. The Morgan fingerprint density at radius 1 is 1.23 bits per heavy atom. The standard InChI is InChI=1S/C23H26N6O2/c1-23(2,27-22(30)15-7-6-10-25-14-15)13-18-19-16-8-4-5-9-17(16)26-21(24)20(19)28-29(18)11-12-31-3/h4-10,14H,11-13H2,1-3H3,(H2,24,26)(H,27,30). The van der Waals surface area contributed by atoms with Crippen molar-refractivity contribution in [3.8, 4) is 0 Å². The van der Waals surface area contributed by atoms with E-state index in [0.29, 0.717) is 36.5 Å². The summed E-state index contributed by atoms with van der Waals surface area (Å²) in [5.41, 5.74) is 8.69. The lowest BCUT2D eigenvalue weighted by atomic mass is 9.94. The molecule has 1 amide bonds. The number of fused-ring (bicyclic) bond motifs is 3. The minimum atomic E-state index is -0.552. The van der Waals surface area contributed by atoms with Crippen molar-refractivity contribution in [3.63, 3.8) is 0 Å². The van der Waals surface area contributed by atoms with Gasteiger partial charge in [0.25, 0.3) is 5.91 Å². The lowest BCUT2D eigenvalue weighted by molar-refractivity contribution is 0.0911. The third-order valence-electron chi connectivity index (χ3n) is 5.21. The van der Waals surface area contributed by atoms with Crippen LogP contribution in [0.3, 0.4) is 0 Å². The molecule has 0 unspecified atom stereocenters. The van der Waals surface area contributed by atoms with E-state index in [2.05, 4.69) is 15.3 Å². The van der Waals surface area contributed by atoms with Crippen molar-refractivity contribution in [2.45, 2.75) is 32.4 Å². The molecule has 8 nitrogen and oxygen atoms in total. The first-order valence-electron chi connectivity index (χ1n) is 10.1. The number of hydrogen-bond acceptors (Lipinski definition) is 6. The van der Waals surface area contributed by atoms with Crippen molar-refractivity contribution >= 4 is 33.5 Å². The number of methoxy groups -OCH3 is 1. The number of amides is 1. The van der Waals surface area contributed by atoms with Crippen LogP contribution in [-0.4, -0.2) is 44.9 Å². The normalized spacial score (nSPS) is 11.8. The highest BCUT2D eigenvalue weighted by atomic mass is 16.5. The van der Waals surface area contributed by atoms with Gasteiger partial charge in [-0.05, 0) is 32.0 Å². The summed E-state index contributed by atoms with van der Waals surface area (Å²) in [6.07, 6.45) is 3.75. The number of nitrogens with two attached hydrogens (primary N) is 1. The second-order valence-corrected chi connectivity index (χ2v) is 8.16. The predicted octanol–water partition coefficient (Wildman–Crippen LogP) is 2.96. The van der Waals surface area contributed by atoms with E-state index in [1.54, 1.807) is 31.6 Å². The molecule has 0 atom stereocenters. The Morgan fingerprint density at radius 2 is 2.03 bits per heavy atom. The number of nitrogens with one attached hydrogen (secondary N) is 1. The van der Waals surface area contributed by atoms with Crippen molar-refractivity contribution < 1.29 is 9.53 Å². The second-order valence-electron chi connectivity index (χ2n) is 8.16. The summed E-state index contributed by atoms with van der Waals surface area (Å²) >= 11 is 0. The van der Waals surface area contributed by atoms with Crippen LogP contribution in [0.5, 0.6) is 0 Å². The largest absolute Gasteiger partial charge is 0.383 e. The first kappa shape index (κ1) is 20.7. The highest BCUT2D eigenvalue weighted by Crippen LogP contribution is 2.32. The van der Waals surface area contributed by atoms with Crippen LogP contribution in [-0.2, 0) is 17.7 Å². The fourth-order valence-corrected chi connectivity index (χ4v) is 3.81. The van der Waals surface area contributed by atoms with Gasteiger partial charge in [-0.15, -0.1) is 0 Å². The molecule has 4 rings (SSSR count). The topological polar surface area (TPSA) is 108 Å². The number of aromatic nitrogens is 4. The Labute approximate surface area is 180 Å². The average Bonchev–Trinajstić information content (AvgIpc) is 3.11. The predicted molar refractivity (Wildman–Crippen MR) is 121 cm³/mol. The van der Waals surface area contributed by atoms with Gasteiger partial charge < -0.3 is 15.8 Å². The number of benzene rings is 1. The van der Waals surface area contributed by atoms with Crippen LogP contribution in [0.2, 0.25) is 0 Å². The van der Waals surface area contributed by atoms with Gasteiger partial charge in [0, 0.05) is 47.9 Å². The number of nitrogen functional groups attached to an aromatic ring is 1. The van der Waals surface area contributed by atoms with E-state index in [1.165, 1.54) is 0 Å². The van der Waals surface area contributed by atoms with Gasteiger partial charge in [-0.25, -0.2) is 4.98 Å². The summed E-state index contributed by atoms with van der Waals surface area (Å²) in [6.45, 7) is 5.07. The number of ether oxygens (including phenoxy) is 1. The highest BCUT2D eigenvalue weighted by Gasteiger charge is 2.27. The fourth-order valence-electron chi connectivity index (χ4n) is 3.81. The van der Waals surface area contributed by atoms with E-state index in [0.717, 1.165) is 22.0 Å². The summed E-state index contributed by atoms with van der Waals surface area (Å²) in [6, 6.07) is 11.4. The van der Waals surface area contributed by atoms with Crippen LogP contribution in [0, 0.1) is 0 Å². The van der Waals surface area contributed by atoms with Crippen LogP contribution < -0.4 is 11.1 Å². The quantitative estimate of drug-likeness (QED) is 0.478. The van der Waals surface area contributed by atoms with Crippen molar-refractivity contribution in [2.24, 2.45) is 0 Å². The lowest BCUT2D eigenvalue weighted by Crippen LogP contribution is -2.45. The highest BCUT2D eigenvalue weighted by molar-refractivity contribution is 6.09. The van der Waals surface area contributed by atoms with Crippen LogP contribution >= 0.6 is 0 Å². The maximum Gasteiger partial charge on any atom is 0.253 e. The molecule has 0 saturated carbocycles. The maximum absolute atomic E-state index is 12.8. The molecule has 0 radical (unpaired) electrons. The Balaban J connectivity index is 1.78. The van der Waals surface area contributed by atoms with Crippen LogP contribution in [0.1, 0.15) is 29.9 Å². The lowest BCUT2D eigenvalue weighted by Gasteiger charge is -2.27. The number of pyridine rings is 2. The number of carbonyl (C=O) groups excluding carboxylic acids is 1. The Bertz CT molecular complexity index is 1230. The van der Waals surface area contributed by atoms with Gasteiger partial charge in [-0.3, -0.25) is 14.5 Å². The Morgan fingerprint density at radius 3 is 2.77 bits per heavy atom. The average molecular weight is 419 g/mol.